The molecule has 0 saturated carbocycles. The molecule has 16 heavy (non-hydrogen) atoms. The molecule has 1 aliphatic heterocycles. The highest BCUT2D eigenvalue weighted by atomic mass is 16.1. The van der Waals surface area contributed by atoms with Crippen molar-refractivity contribution in [2.24, 2.45) is 0 Å². The Balaban J connectivity index is 2.35. The molecular formula is C13H18N2O. The molecule has 0 radical (unpaired) electrons. The molecule has 0 unspecified atom stereocenters. The number of amides is 1. The maximum absolute atomic E-state index is 11.2. The summed E-state index contributed by atoms with van der Waals surface area (Å²) in [5, 5.41) is 6.46. The molecule has 0 fully saturated rings. The molecule has 1 aromatic rings. The van der Waals surface area contributed by atoms with Gasteiger partial charge in [-0.1, -0.05) is 17.7 Å². The molecule has 1 aliphatic rings. The van der Waals surface area contributed by atoms with Gasteiger partial charge in [-0.3, -0.25) is 4.79 Å². The SMILES string of the molecule is CC(=O)N[C@@H]1C[C@@H](C)Nc2ccc(C)cc21. The molecule has 2 N–H and O–H groups in total. The van der Waals surface area contributed by atoms with Crippen molar-refractivity contribution in [1.29, 1.82) is 0 Å². The smallest absolute Gasteiger partial charge is 0.217 e. The normalized spacial score (nSPS) is 23.2. The molecular weight excluding hydrogens is 200 g/mol. The Hall–Kier alpha value is -1.51. The Morgan fingerprint density at radius 1 is 1.50 bits per heavy atom. The lowest BCUT2D eigenvalue weighted by molar-refractivity contribution is -0.119. The first kappa shape index (κ1) is 11.0. The quantitative estimate of drug-likeness (QED) is 0.760. The lowest BCUT2D eigenvalue weighted by atomic mass is 9.92. The topological polar surface area (TPSA) is 41.1 Å². The van der Waals surface area contributed by atoms with Gasteiger partial charge in [-0.2, -0.15) is 0 Å². The summed E-state index contributed by atoms with van der Waals surface area (Å²) in [5.41, 5.74) is 3.57. The first-order valence-electron chi connectivity index (χ1n) is 5.70. The average molecular weight is 218 g/mol. The first-order valence-corrected chi connectivity index (χ1v) is 5.70. The highest BCUT2D eigenvalue weighted by Gasteiger charge is 2.24. The second kappa shape index (κ2) is 4.16. The highest BCUT2D eigenvalue weighted by molar-refractivity contribution is 5.74. The Labute approximate surface area is 96.2 Å². The molecule has 0 aromatic heterocycles. The standard InChI is InChI=1S/C13H18N2O/c1-8-4-5-12-11(6-8)13(15-10(3)16)7-9(2)14-12/h4-6,9,13-14H,7H2,1-3H3,(H,15,16)/t9-,13-/m1/s1. The van der Waals surface area contributed by atoms with Crippen molar-refractivity contribution in [3.05, 3.63) is 29.3 Å². The van der Waals surface area contributed by atoms with Crippen LogP contribution < -0.4 is 10.6 Å². The van der Waals surface area contributed by atoms with Gasteiger partial charge >= 0.3 is 0 Å². The van der Waals surface area contributed by atoms with Crippen molar-refractivity contribution in [3.63, 3.8) is 0 Å². The largest absolute Gasteiger partial charge is 0.382 e. The van der Waals surface area contributed by atoms with Crippen molar-refractivity contribution in [1.82, 2.24) is 5.32 Å². The van der Waals surface area contributed by atoms with E-state index in [4.69, 9.17) is 0 Å². The van der Waals surface area contributed by atoms with E-state index in [1.165, 1.54) is 11.1 Å². The molecule has 86 valence electrons. The fourth-order valence-electron chi connectivity index (χ4n) is 2.29. The maximum atomic E-state index is 11.2. The van der Waals surface area contributed by atoms with Crippen LogP contribution in [0, 0.1) is 6.92 Å². The highest BCUT2D eigenvalue weighted by Crippen LogP contribution is 2.33. The third kappa shape index (κ3) is 2.18. The van der Waals surface area contributed by atoms with Gasteiger partial charge in [0, 0.05) is 18.7 Å². The van der Waals surface area contributed by atoms with Gasteiger partial charge < -0.3 is 10.6 Å². The molecule has 3 heteroatoms. The minimum absolute atomic E-state index is 0.0338. The van der Waals surface area contributed by atoms with Crippen molar-refractivity contribution >= 4 is 11.6 Å². The van der Waals surface area contributed by atoms with Gasteiger partial charge in [-0.05, 0) is 31.9 Å². The number of fused-ring (bicyclic) bond motifs is 1. The second-order valence-electron chi connectivity index (χ2n) is 4.62. The number of hydrogen-bond donors (Lipinski definition) is 2. The summed E-state index contributed by atoms with van der Waals surface area (Å²) in [6, 6.07) is 6.87. The van der Waals surface area contributed by atoms with Crippen LogP contribution in [0.15, 0.2) is 18.2 Å². The van der Waals surface area contributed by atoms with Gasteiger partial charge in [-0.25, -0.2) is 0 Å². The van der Waals surface area contributed by atoms with E-state index in [-0.39, 0.29) is 11.9 Å². The second-order valence-corrected chi connectivity index (χ2v) is 4.62. The molecule has 1 amide bonds. The number of rotatable bonds is 1. The van der Waals surface area contributed by atoms with E-state index in [2.05, 4.69) is 42.7 Å². The van der Waals surface area contributed by atoms with E-state index in [0.29, 0.717) is 6.04 Å². The summed E-state index contributed by atoms with van der Waals surface area (Å²) in [7, 11) is 0. The molecule has 0 saturated heterocycles. The monoisotopic (exact) mass is 218 g/mol. The third-order valence-electron chi connectivity index (χ3n) is 2.95. The molecule has 0 bridgehead atoms. The van der Waals surface area contributed by atoms with E-state index < -0.39 is 0 Å². The number of hydrogen-bond acceptors (Lipinski definition) is 2. The predicted octanol–water partition coefficient (Wildman–Crippen LogP) is 2.38. The summed E-state index contributed by atoms with van der Waals surface area (Å²) in [6.07, 6.45) is 0.941. The zero-order chi connectivity index (χ0) is 11.7. The number of benzene rings is 1. The first-order chi connectivity index (χ1) is 7.56. The fourth-order valence-corrected chi connectivity index (χ4v) is 2.29. The molecule has 2 atom stereocenters. The van der Waals surface area contributed by atoms with E-state index in [1.807, 2.05) is 0 Å². The van der Waals surface area contributed by atoms with Gasteiger partial charge in [0.1, 0.15) is 0 Å². The molecule has 0 aliphatic carbocycles. The van der Waals surface area contributed by atoms with Crippen LogP contribution in [0.4, 0.5) is 5.69 Å². The lowest BCUT2D eigenvalue weighted by Crippen LogP contribution is -2.35. The van der Waals surface area contributed by atoms with Crippen LogP contribution in [0.25, 0.3) is 0 Å². The van der Waals surface area contributed by atoms with E-state index in [0.717, 1.165) is 12.1 Å². The van der Waals surface area contributed by atoms with Gasteiger partial charge in [0.2, 0.25) is 5.91 Å². The third-order valence-corrected chi connectivity index (χ3v) is 2.95. The molecule has 2 rings (SSSR count). The van der Waals surface area contributed by atoms with Crippen LogP contribution in [0.2, 0.25) is 0 Å². The number of carbonyl (C=O) groups excluding carboxylic acids is 1. The minimum atomic E-state index is 0.0338. The van der Waals surface area contributed by atoms with E-state index in [1.54, 1.807) is 6.92 Å². The van der Waals surface area contributed by atoms with Crippen molar-refractivity contribution < 1.29 is 4.79 Å². The number of aryl methyl sites for hydroxylation is 1. The lowest BCUT2D eigenvalue weighted by Gasteiger charge is -2.32. The van der Waals surface area contributed by atoms with Gasteiger partial charge in [0.25, 0.3) is 0 Å². The number of nitrogens with one attached hydrogen (secondary N) is 2. The zero-order valence-electron chi connectivity index (χ0n) is 10.0. The summed E-state index contributed by atoms with van der Waals surface area (Å²) in [5.74, 6) is 0.0338. The van der Waals surface area contributed by atoms with Crippen LogP contribution in [-0.2, 0) is 4.79 Å². The zero-order valence-corrected chi connectivity index (χ0v) is 10.0. The summed E-state index contributed by atoms with van der Waals surface area (Å²) in [6.45, 7) is 5.78. The fraction of sp³-hybridized carbons (Fsp3) is 0.462. The van der Waals surface area contributed by atoms with Crippen LogP contribution in [0.3, 0.4) is 0 Å². The molecule has 3 nitrogen and oxygen atoms in total. The van der Waals surface area contributed by atoms with Crippen LogP contribution in [0.1, 0.15) is 37.4 Å². The molecule has 0 spiro atoms. The Morgan fingerprint density at radius 3 is 2.94 bits per heavy atom. The predicted molar refractivity (Wildman–Crippen MR) is 65.4 cm³/mol. The minimum Gasteiger partial charge on any atom is -0.382 e. The number of anilines is 1. The maximum Gasteiger partial charge on any atom is 0.217 e. The van der Waals surface area contributed by atoms with Crippen molar-refractivity contribution in [2.75, 3.05) is 5.32 Å². The van der Waals surface area contributed by atoms with Gasteiger partial charge in [-0.15, -0.1) is 0 Å². The summed E-state index contributed by atoms with van der Waals surface area (Å²) < 4.78 is 0. The number of carbonyl (C=O) groups is 1. The van der Waals surface area contributed by atoms with Gasteiger partial charge in [0.15, 0.2) is 0 Å². The van der Waals surface area contributed by atoms with Crippen LogP contribution in [-0.4, -0.2) is 11.9 Å². The van der Waals surface area contributed by atoms with Crippen molar-refractivity contribution in [2.45, 2.75) is 39.3 Å². The van der Waals surface area contributed by atoms with Crippen molar-refractivity contribution in [3.8, 4) is 0 Å². The van der Waals surface area contributed by atoms with Gasteiger partial charge in [0.05, 0.1) is 6.04 Å². The Kier molecular flexibility index (Phi) is 2.86. The van der Waals surface area contributed by atoms with Crippen LogP contribution >= 0.6 is 0 Å². The summed E-state index contributed by atoms with van der Waals surface area (Å²) in [4.78, 5) is 11.2. The molecule has 1 aromatic carbocycles. The van der Waals surface area contributed by atoms with E-state index in [9.17, 15) is 4.79 Å². The summed E-state index contributed by atoms with van der Waals surface area (Å²) >= 11 is 0. The van der Waals surface area contributed by atoms with Crippen LogP contribution in [0.5, 0.6) is 0 Å². The Bertz CT molecular complexity index is 414. The Morgan fingerprint density at radius 2 is 2.25 bits per heavy atom. The van der Waals surface area contributed by atoms with E-state index >= 15 is 0 Å². The average Bonchev–Trinajstić information content (AvgIpc) is 2.18. The molecule has 1 heterocycles.